The van der Waals surface area contributed by atoms with Crippen molar-refractivity contribution in [1.82, 2.24) is 0 Å². The van der Waals surface area contributed by atoms with Gasteiger partial charge >= 0.3 is 0 Å². The SMILES string of the molecule is Cc1cc(C(C)Nc2c(F)cccc2Br)c(C)o1. The van der Waals surface area contributed by atoms with Crippen molar-refractivity contribution in [3.8, 4) is 0 Å². The summed E-state index contributed by atoms with van der Waals surface area (Å²) in [5, 5.41) is 3.17. The molecule has 0 fully saturated rings. The van der Waals surface area contributed by atoms with Gasteiger partial charge in [0.2, 0.25) is 0 Å². The second kappa shape index (κ2) is 5.14. The second-order valence-corrected chi connectivity index (χ2v) is 5.19. The van der Waals surface area contributed by atoms with Crippen LogP contribution in [-0.4, -0.2) is 0 Å². The smallest absolute Gasteiger partial charge is 0.147 e. The van der Waals surface area contributed by atoms with Gasteiger partial charge in [0.05, 0.1) is 11.7 Å². The highest BCUT2D eigenvalue weighted by Crippen LogP contribution is 2.30. The molecule has 2 aromatic rings. The molecule has 1 aromatic heterocycles. The van der Waals surface area contributed by atoms with Gasteiger partial charge in [-0.15, -0.1) is 0 Å². The quantitative estimate of drug-likeness (QED) is 0.865. The highest BCUT2D eigenvalue weighted by Gasteiger charge is 2.15. The lowest BCUT2D eigenvalue weighted by Gasteiger charge is -2.16. The molecule has 1 unspecified atom stereocenters. The molecule has 0 bridgehead atoms. The topological polar surface area (TPSA) is 25.2 Å². The normalized spacial score (nSPS) is 12.5. The second-order valence-electron chi connectivity index (χ2n) is 4.33. The van der Waals surface area contributed by atoms with Crippen LogP contribution in [0.15, 0.2) is 33.2 Å². The maximum atomic E-state index is 13.7. The predicted octanol–water partition coefficient (Wildman–Crippen LogP) is 4.97. The van der Waals surface area contributed by atoms with Crippen LogP contribution in [0.1, 0.15) is 30.0 Å². The fourth-order valence-corrected chi connectivity index (χ4v) is 2.47. The molecule has 0 aliphatic rings. The van der Waals surface area contributed by atoms with E-state index >= 15 is 0 Å². The molecule has 0 amide bonds. The molecule has 0 aliphatic heterocycles. The summed E-state index contributed by atoms with van der Waals surface area (Å²) in [5.74, 6) is 1.46. The molecule has 2 rings (SSSR count). The summed E-state index contributed by atoms with van der Waals surface area (Å²) in [6.07, 6.45) is 0. The van der Waals surface area contributed by atoms with Crippen LogP contribution in [0.3, 0.4) is 0 Å². The van der Waals surface area contributed by atoms with E-state index in [0.717, 1.165) is 17.1 Å². The van der Waals surface area contributed by atoms with Gasteiger partial charge in [-0.05, 0) is 54.9 Å². The third-order valence-electron chi connectivity index (χ3n) is 2.87. The molecule has 4 heteroatoms. The van der Waals surface area contributed by atoms with E-state index in [1.165, 1.54) is 6.07 Å². The Labute approximate surface area is 114 Å². The van der Waals surface area contributed by atoms with Gasteiger partial charge in [-0.1, -0.05) is 6.07 Å². The number of hydrogen-bond donors (Lipinski definition) is 1. The van der Waals surface area contributed by atoms with Crippen LogP contribution in [0.25, 0.3) is 0 Å². The zero-order chi connectivity index (χ0) is 13.3. The minimum Gasteiger partial charge on any atom is -0.466 e. The molecule has 1 aromatic carbocycles. The van der Waals surface area contributed by atoms with Gasteiger partial charge in [-0.25, -0.2) is 4.39 Å². The first-order valence-electron chi connectivity index (χ1n) is 5.76. The summed E-state index contributed by atoms with van der Waals surface area (Å²) < 4.78 is 19.9. The van der Waals surface area contributed by atoms with Crippen molar-refractivity contribution in [2.45, 2.75) is 26.8 Å². The summed E-state index contributed by atoms with van der Waals surface area (Å²) in [6, 6.07) is 6.87. The van der Waals surface area contributed by atoms with Gasteiger partial charge in [0.1, 0.15) is 17.3 Å². The largest absolute Gasteiger partial charge is 0.466 e. The Morgan fingerprint density at radius 2 is 2.06 bits per heavy atom. The molecule has 1 N–H and O–H groups in total. The zero-order valence-electron chi connectivity index (χ0n) is 10.6. The van der Waals surface area contributed by atoms with Crippen molar-refractivity contribution in [2.24, 2.45) is 0 Å². The Kier molecular flexibility index (Phi) is 3.76. The van der Waals surface area contributed by atoms with Crippen LogP contribution in [0, 0.1) is 19.7 Å². The van der Waals surface area contributed by atoms with Crippen LogP contribution in [0.4, 0.5) is 10.1 Å². The van der Waals surface area contributed by atoms with Crippen molar-refractivity contribution in [3.63, 3.8) is 0 Å². The number of nitrogens with one attached hydrogen (secondary N) is 1. The van der Waals surface area contributed by atoms with Crippen molar-refractivity contribution < 1.29 is 8.81 Å². The Balaban J connectivity index is 2.26. The molecule has 18 heavy (non-hydrogen) atoms. The molecule has 0 saturated heterocycles. The fourth-order valence-electron chi connectivity index (χ4n) is 2.01. The lowest BCUT2D eigenvalue weighted by atomic mass is 10.1. The van der Waals surface area contributed by atoms with Gasteiger partial charge in [-0.3, -0.25) is 0 Å². The number of benzene rings is 1. The van der Waals surface area contributed by atoms with Crippen LogP contribution in [0.5, 0.6) is 0 Å². The highest BCUT2D eigenvalue weighted by atomic mass is 79.9. The average molecular weight is 312 g/mol. The molecule has 2 nitrogen and oxygen atoms in total. The van der Waals surface area contributed by atoms with Gasteiger partial charge in [0.25, 0.3) is 0 Å². The third-order valence-corrected chi connectivity index (χ3v) is 3.53. The molecule has 0 aliphatic carbocycles. The van der Waals surface area contributed by atoms with Crippen LogP contribution in [-0.2, 0) is 0 Å². The Morgan fingerprint density at radius 3 is 2.61 bits per heavy atom. The fraction of sp³-hybridized carbons (Fsp3) is 0.286. The van der Waals surface area contributed by atoms with Crippen molar-refractivity contribution in [1.29, 1.82) is 0 Å². The van der Waals surface area contributed by atoms with E-state index in [1.54, 1.807) is 6.07 Å². The van der Waals surface area contributed by atoms with Crippen LogP contribution >= 0.6 is 15.9 Å². The van der Waals surface area contributed by atoms with Crippen LogP contribution < -0.4 is 5.32 Å². The third kappa shape index (κ3) is 2.58. The van der Waals surface area contributed by atoms with E-state index in [0.29, 0.717) is 10.2 Å². The molecular weight excluding hydrogens is 297 g/mol. The van der Waals surface area contributed by atoms with Crippen molar-refractivity contribution >= 4 is 21.6 Å². The average Bonchev–Trinajstić information content (AvgIpc) is 2.63. The molecule has 96 valence electrons. The van der Waals surface area contributed by atoms with E-state index < -0.39 is 0 Å². The Morgan fingerprint density at radius 1 is 1.33 bits per heavy atom. The number of anilines is 1. The summed E-state index contributed by atoms with van der Waals surface area (Å²) in [7, 11) is 0. The van der Waals surface area contributed by atoms with Crippen LogP contribution in [0.2, 0.25) is 0 Å². The Hall–Kier alpha value is -1.29. The molecule has 0 spiro atoms. The van der Waals surface area contributed by atoms with Gasteiger partial charge < -0.3 is 9.73 Å². The first kappa shape index (κ1) is 13.1. The number of aryl methyl sites for hydroxylation is 2. The molecular formula is C14H15BrFNO. The van der Waals surface area contributed by atoms with Crippen molar-refractivity contribution in [2.75, 3.05) is 5.32 Å². The number of para-hydroxylation sites is 1. The first-order chi connectivity index (χ1) is 8.49. The number of halogens is 2. The number of hydrogen-bond acceptors (Lipinski definition) is 2. The van der Waals surface area contributed by atoms with Crippen molar-refractivity contribution in [3.05, 3.63) is 51.6 Å². The first-order valence-corrected chi connectivity index (χ1v) is 6.56. The van der Waals surface area contributed by atoms with E-state index in [9.17, 15) is 4.39 Å². The van der Waals surface area contributed by atoms with E-state index in [-0.39, 0.29) is 11.9 Å². The minimum atomic E-state index is -0.269. The van der Waals surface area contributed by atoms with Gasteiger partial charge in [0.15, 0.2) is 0 Å². The van der Waals surface area contributed by atoms with Gasteiger partial charge in [-0.2, -0.15) is 0 Å². The van der Waals surface area contributed by atoms with E-state index in [4.69, 9.17) is 4.42 Å². The van der Waals surface area contributed by atoms with E-state index in [2.05, 4.69) is 21.2 Å². The summed E-state index contributed by atoms with van der Waals surface area (Å²) in [6.45, 7) is 5.80. The standard InChI is InChI=1S/C14H15BrFNO/c1-8-7-11(10(3)18-8)9(2)17-14-12(15)5-4-6-13(14)16/h4-7,9,17H,1-3H3. The summed E-state index contributed by atoms with van der Waals surface area (Å²) in [5.41, 5.74) is 1.52. The lowest BCUT2D eigenvalue weighted by molar-refractivity contribution is 0.499. The predicted molar refractivity (Wildman–Crippen MR) is 74.3 cm³/mol. The molecule has 0 radical (unpaired) electrons. The number of rotatable bonds is 3. The summed E-state index contributed by atoms with van der Waals surface area (Å²) in [4.78, 5) is 0. The molecule has 1 heterocycles. The Bertz CT molecular complexity index is 545. The molecule has 1 atom stereocenters. The minimum absolute atomic E-state index is 0.0179. The van der Waals surface area contributed by atoms with E-state index in [1.807, 2.05) is 32.9 Å². The van der Waals surface area contributed by atoms with Gasteiger partial charge in [0, 0.05) is 10.0 Å². The monoisotopic (exact) mass is 311 g/mol. The lowest BCUT2D eigenvalue weighted by Crippen LogP contribution is -2.08. The maximum Gasteiger partial charge on any atom is 0.147 e. The number of furan rings is 1. The molecule has 0 saturated carbocycles. The highest BCUT2D eigenvalue weighted by molar-refractivity contribution is 9.10. The zero-order valence-corrected chi connectivity index (χ0v) is 12.1. The summed E-state index contributed by atoms with van der Waals surface area (Å²) >= 11 is 3.35. The maximum absolute atomic E-state index is 13.7.